The molecule has 1 aliphatic carbocycles. The number of likely N-dealkylation sites (tertiary alicyclic amines) is 1. The minimum absolute atomic E-state index is 0.00702. The van der Waals surface area contributed by atoms with E-state index >= 15 is 0 Å². The number of aromatic nitrogens is 1. The van der Waals surface area contributed by atoms with Crippen molar-refractivity contribution in [2.24, 2.45) is 5.41 Å². The number of carboxylic acids is 1. The van der Waals surface area contributed by atoms with Crippen molar-refractivity contribution in [2.45, 2.75) is 37.8 Å². The summed E-state index contributed by atoms with van der Waals surface area (Å²) < 4.78 is 1.99. The van der Waals surface area contributed by atoms with Gasteiger partial charge in [0.05, 0.1) is 6.10 Å². The summed E-state index contributed by atoms with van der Waals surface area (Å²) in [6, 6.07) is 13.3. The molecule has 1 saturated heterocycles. The van der Waals surface area contributed by atoms with Gasteiger partial charge in [0.25, 0.3) is 5.91 Å². The third kappa shape index (κ3) is 3.25. The topological polar surface area (TPSA) is 82.8 Å². The second-order valence-electron chi connectivity index (χ2n) is 7.69. The lowest BCUT2D eigenvalue weighted by Crippen LogP contribution is -2.58. The van der Waals surface area contributed by atoms with Crippen LogP contribution in [0.25, 0.3) is 0 Å². The Balaban J connectivity index is 1.61. The first-order chi connectivity index (χ1) is 13.0. The maximum atomic E-state index is 13.1. The molecule has 2 atom stereocenters. The van der Waals surface area contributed by atoms with Crippen LogP contribution in [0, 0.1) is 5.41 Å². The van der Waals surface area contributed by atoms with E-state index in [9.17, 15) is 19.8 Å². The number of amides is 1. The molecule has 2 aliphatic rings. The van der Waals surface area contributed by atoms with E-state index in [1.165, 1.54) is 0 Å². The molecular weight excluding hydrogens is 344 g/mol. The molecule has 27 heavy (non-hydrogen) atoms. The summed E-state index contributed by atoms with van der Waals surface area (Å²) in [6.07, 6.45) is 3.52. The number of aliphatic carboxylic acids is 1. The maximum absolute atomic E-state index is 13.1. The van der Waals surface area contributed by atoms with Gasteiger partial charge in [0.2, 0.25) is 0 Å². The van der Waals surface area contributed by atoms with E-state index in [0.29, 0.717) is 18.3 Å². The van der Waals surface area contributed by atoms with Crippen molar-refractivity contribution in [3.05, 3.63) is 59.9 Å². The zero-order valence-electron chi connectivity index (χ0n) is 15.1. The monoisotopic (exact) mass is 368 g/mol. The van der Waals surface area contributed by atoms with Crippen molar-refractivity contribution in [3.63, 3.8) is 0 Å². The van der Waals surface area contributed by atoms with E-state index in [2.05, 4.69) is 0 Å². The van der Waals surface area contributed by atoms with E-state index in [0.717, 1.165) is 18.4 Å². The molecule has 4 rings (SSSR count). The largest absolute Gasteiger partial charge is 0.481 e. The lowest BCUT2D eigenvalue weighted by Gasteiger charge is -2.43. The average Bonchev–Trinajstić information content (AvgIpc) is 3.40. The van der Waals surface area contributed by atoms with Crippen LogP contribution in [-0.4, -0.2) is 50.8 Å². The number of nitrogens with zero attached hydrogens (tertiary/aromatic N) is 2. The smallest absolute Gasteiger partial charge is 0.314 e. The summed E-state index contributed by atoms with van der Waals surface area (Å²) in [5, 5.41) is 20.6. The Morgan fingerprint density at radius 2 is 1.81 bits per heavy atom. The van der Waals surface area contributed by atoms with Gasteiger partial charge in [-0.25, -0.2) is 0 Å². The van der Waals surface area contributed by atoms with Gasteiger partial charge in [-0.3, -0.25) is 9.59 Å². The summed E-state index contributed by atoms with van der Waals surface area (Å²) in [6.45, 7) is 0.368. The third-order valence-corrected chi connectivity index (χ3v) is 5.80. The Labute approximate surface area is 158 Å². The first kappa shape index (κ1) is 17.8. The molecule has 6 nitrogen and oxygen atoms in total. The highest BCUT2D eigenvalue weighted by Crippen LogP contribution is 2.38. The summed E-state index contributed by atoms with van der Waals surface area (Å²) in [5.74, 6) is -1.22. The van der Waals surface area contributed by atoms with Crippen LogP contribution in [-0.2, 0) is 11.2 Å². The van der Waals surface area contributed by atoms with Crippen molar-refractivity contribution in [1.29, 1.82) is 0 Å². The van der Waals surface area contributed by atoms with Gasteiger partial charge in [-0.15, -0.1) is 0 Å². The molecule has 1 aromatic heterocycles. The first-order valence-corrected chi connectivity index (χ1v) is 9.43. The molecule has 1 saturated carbocycles. The summed E-state index contributed by atoms with van der Waals surface area (Å²) in [4.78, 5) is 26.9. The lowest BCUT2D eigenvalue weighted by molar-refractivity contribution is -0.161. The molecule has 2 heterocycles. The Kier molecular flexibility index (Phi) is 4.52. The SMILES string of the molecule is O=C(c1cccn1C1CC1)N1CC[C@@H](O)[C@](Cc2ccccc2)(C(=O)O)C1. The van der Waals surface area contributed by atoms with Gasteiger partial charge in [0, 0.05) is 25.3 Å². The number of aliphatic hydroxyl groups excluding tert-OH is 1. The molecule has 2 aromatic rings. The van der Waals surface area contributed by atoms with E-state index in [4.69, 9.17) is 0 Å². The number of carbonyl (C=O) groups is 2. The van der Waals surface area contributed by atoms with Crippen LogP contribution in [0.3, 0.4) is 0 Å². The van der Waals surface area contributed by atoms with Crippen molar-refractivity contribution in [3.8, 4) is 0 Å². The highest BCUT2D eigenvalue weighted by molar-refractivity contribution is 5.93. The van der Waals surface area contributed by atoms with E-state index in [1.54, 1.807) is 11.0 Å². The standard InChI is InChI=1S/C21H24N2O4/c24-18-10-12-22(19(25)17-7-4-11-23(17)16-8-9-16)14-21(18,20(26)27)13-15-5-2-1-3-6-15/h1-7,11,16,18,24H,8-10,12-14H2,(H,26,27)/t18-,21-/m1/s1. The molecule has 0 radical (unpaired) electrons. The van der Waals surface area contributed by atoms with Gasteiger partial charge in [-0.05, 0) is 43.4 Å². The van der Waals surface area contributed by atoms with Crippen LogP contribution < -0.4 is 0 Å². The molecule has 2 N–H and O–H groups in total. The quantitative estimate of drug-likeness (QED) is 0.849. The molecule has 1 aromatic carbocycles. The van der Waals surface area contributed by atoms with Gasteiger partial charge in [-0.2, -0.15) is 0 Å². The summed E-state index contributed by atoms with van der Waals surface area (Å²) >= 11 is 0. The highest BCUT2D eigenvalue weighted by atomic mass is 16.4. The number of rotatable bonds is 5. The lowest BCUT2D eigenvalue weighted by atomic mass is 9.72. The number of piperidine rings is 1. The molecule has 0 spiro atoms. The van der Waals surface area contributed by atoms with Crippen molar-refractivity contribution < 1.29 is 19.8 Å². The van der Waals surface area contributed by atoms with Crippen molar-refractivity contribution in [1.82, 2.24) is 9.47 Å². The van der Waals surface area contributed by atoms with Crippen LogP contribution in [0.15, 0.2) is 48.7 Å². The minimum atomic E-state index is -1.40. The molecule has 6 heteroatoms. The van der Waals surface area contributed by atoms with Gasteiger partial charge < -0.3 is 19.7 Å². The second-order valence-corrected chi connectivity index (χ2v) is 7.69. The molecule has 1 amide bonds. The Morgan fingerprint density at radius 1 is 1.07 bits per heavy atom. The molecule has 142 valence electrons. The van der Waals surface area contributed by atoms with Gasteiger partial charge in [-0.1, -0.05) is 30.3 Å². The highest BCUT2D eigenvalue weighted by Gasteiger charge is 2.50. The predicted octanol–water partition coefficient (Wildman–Crippen LogP) is 2.34. The Bertz CT molecular complexity index is 843. The molecule has 1 aliphatic heterocycles. The van der Waals surface area contributed by atoms with Crippen molar-refractivity contribution in [2.75, 3.05) is 13.1 Å². The number of hydrogen-bond donors (Lipinski definition) is 2. The fourth-order valence-electron chi connectivity index (χ4n) is 4.08. The molecule has 0 unspecified atom stereocenters. The number of carboxylic acid groups (broad SMARTS) is 1. The van der Waals surface area contributed by atoms with Crippen LogP contribution in [0.1, 0.15) is 41.4 Å². The van der Waals surface area contributed by atoms with E-state index < -0.39 is 17.5 Å². The summed E-state index contributed by atoms with van der Waals surface area (Å²) in [7, 11) is 0. The van der Waals surface area contributed by atoms with Gasteiger partial charge >= 0.3 is 5.97 Å². The molecular formula is C21H24N2O4. The predicted molar refractivity (Wildman–Crippen MR) is 99.4 cm³/mol. The van der Waals surface area contributed by atoms with E-state index in [-0.39, 0.29) is 25.3 Å². The third-order valence-electron chi connectivity index (χ3n) is 5.80. The zero-order chi connectivity index (χ0) is 19.0. The fourth-order valence-corrected chi connectivity index (χ4v) is 4.08. The van der Waals surface area contributed by atoms with Crippen LogP contribution in [0.4, 0.5) is 0 Å². The van der Waals surface area contributed by atoms with Crippen LogP contribution >= 0.6 is 0 Å². The molecule has 2 fully saturated rings. The van der Waals surface area contributed by atoms with Crippen LogP contribution in [0.2, 0.25) is 0 Å². The summed E-state index contributed by atoms with van der Waals surface area (Å²) in [5.41, 5.74) is 0.0502. The Hall–Kier alpha value is -2.60. The van der Waals surface area contributed by atoms with Gasteiger partial charge in [0.15, 0.2) is 0 Å². The number of carbonyl (C=O) groups excluding carboxylic acids is 1. The minimum Gasteiger partial charge on any atom is -0.481 e. The number of aliphatic hydroxyl groups is 1. The number of hydrogen-bond acceptors (Lipinski definition) is 3. The normalized spacial score (nSPS) is 25.4. The van der Waals surface area contributed by atoms with Gasteiger partial charge in [0.1, 0.15) is 11.1 Å². The molecule has 0 bridgehead atoms. The van der Waals surface area contributed by atoms with Crippen LogP contribution in [0.5, 0.6) is 0 Å². The zero-order valence-corrected chi connectivity index (χ0v) is 15.1. The maximum Gasteiger partial charge on any atom is 0.314 e. The fraction of sp³-hybridized carbons (Fsp3) is 0.429. The Morgan fingerprint density at radius 3 is 2.48 bits per heavy atom. The average molecular weight is 368 g/mol. The van der Waals surface area contributed by atoms with Crippen molar-refractivity contribution >= 4 is 11.9 Å². The number of benzene rings is 1. The van der Waals surface area contributed by atoms with E-state index in [1.807, 2.05) is 47.2 Å². The first-order valence-electron chi connectivity index (χ1n) is 9.43. The second kappa shape index (κ2) is 6.85.